The number of carbonyl (C=O) groups excluding carboxylic acids is 1. The second-order valence-electron chi connectivity index (χ2n) is 2.60. The average Bonchev–Trinajstić information content (AvgIpc) is 2.08. The summed E-state index contributed by atoms with van der Waals surface area (Å²) in [6, 6.07) is 5.78. The summed E-state index contributed by atoms with van der Waals surface area (Å²) in [7, 11) is 0. The molecule has 0 bridgehead atoms. The largest absolute Gasteiger partial charge is 0.280 e. The van der Waals surface area contributed by atoms with Crippen molar-refractivity contribution in [3.63, 3.8) is 0 Å². The molecule has 0 fully saturated rings. The van der Waals surface area contributed by atoms with Gasteiger partial charge >= 0.3 is 0 Å². The molecule has 13 heavy (non-hydrogen) atoms. The van der Waals surface area contributed by atoms with Crippen LogP contribution in [0.5, 0.6) is 0 Å². The van der Waals surface area contributed by atoms with Gasteiger partial charge in [0, 0.05) is 0 Å². The van der Waals surface area contributed by atoms with E-state index in [2.05, 4.69) is 0 Å². The van der Waals surface area contributed by atoms with E-state index < -0.39 is 10.6 Å². The molecule has 0 aliphatic heterocycles. The van der Waals surface area contributed by atoms with E-state index in [1.54, 1.807) is 12.1 Å². The van der Waals surface area contributed by atoms with Gasteiger partial charge in [0.05, 0.1) is 0 Å². The van der Waals surface area contributed by atoms with Crippen LogP contribution in [-0.4, -0.2) is 10.6 Å². The smallest absolute Gasteiger partial charge is 0.239 e. The van der Waals surface area contributed by atoms with Crippen molar-refractivity contribution in [2.24, 2.45) is 0 Å². The van der Waals surface area contributed by atoms with Crippen LogP contribution in [0.2, 0.25) is 0 Å². The second kappa shape index (κ2) is 4.58. The summed E-state index contributed by atoms with van der Waals surface area (Å²) in [6.45, 7) is 0. The molecule has 0 saturated carbocycles. The second-order valence-corrected chi connectivity index (χ2v) is 3.50. The van der Waals surface area contributed by atoms with Crippen LogP contribution in [0.25, 0.3) is 0 Å². The summed E-state index contributed by atoms with van der Waals surface area (Å²) in [5, 5.41) is -1.34. The highest BCUT2D eigenvalue weighted by Crippen LogP contribution is 2.11. The van der Waals surface area contributed by atoms with Crippen molar-refractivity contribution in [2.75, 3.05) is 0 Å². The Morgan fingerprint density at radius 3 is 2.38 bits per heavy atom. The first-order valence-corrected chi connectivity index (χ1v) is 4.49. The summed E-state index contributed by atoms with van der Waals surface area (Å²) < 4.78 is 12.5. The molecule has 0 aromatic heterocycles. The predicted molar refractivity (Wildman–Crippen MR) is 50.6 cm³/mol. The third-order valence-electron chi connectivity index (χ3n) is 1.57. The van der Waals surface area contributed by atoms with Gasteiger partial charge in [-0.1, -0.05) is 12.1 Å². The maximum atomic E-state index is 12.5. The van der Waals surface area contributed by atoms with Crippen molar-refractivity contribution < 1.29 is 9.18 Å². The first-order valence-electron chi connectivity index (χ1n) is 3.67. The zero-order chi connectivity index (χ0) is 9.84. The highest BCUT2D eigenvalue weighted by atomic mass is 35.5. The summed E-state index contributed by atoms with van der Waals surface area (Å²) in [5.74, 6) is -0.313. The van der Waals surface area contributed by atoms with Crippen LogP contribution < -0.4 is 0 Å². The number of hydrogen-bond donors (Lipinski definition) is 0. The Labute approximate surface area is 85.5 Å². The molecule has 1 aromatic carbocycles. The lowest BCUT2D eigenvalue weighted by molar-refractivity contribution is -0.111. The number of benzene rings is 1. The molecule has 0 heterocycles. The van der Waals surface area contributed by atoms with E-state index >= 15 is 0 Å². The minimum absolute atomic E-state index is 0.313. The zero-order valence-electron chi connectivity index (χ0n) is 6.64. The average molecular weight is 221 g/mol. The van der Waals surface area contributed by atoms with Gasteiger partial charge in [0.15, 0.2) is 0 Å². The number of hydrogen-bond acceptors (Lipinski definition) is 1. The molecular weight excluding hydrogens is 214 g/mol. The maximum absolute atomic E-state index is 12.5. The third-order valence-corrected chi connectivity index (χ3v) is 2.30. The Morgan fingerprint density at radius 1 is 1.38 bits per heavy atom. The quantitative estimate of drug-likeness (QED) is 0.566. The first-order chi connectivity index (χ1) is 6.09. The van der Waals surface area contributed by atoms with Gasteiger partial charge in [-0.05, 0) is 35.7 Å². The fourth-order valence-electron chi connectivity index (χ4n) is 0.908. The number of halogens is 3. The van der Waals surface area contributed by atoms with Gasteiger partial charge in [-0.3, -0.25) is 4.79 Å². The third kappa shape index (κ3) is 3.33. The zero-order valence-corrected chi connectivity index (χ0v) is 8.15. The molecule has 1 atom stereocenters. The standard InChI is InChI=1S/C9H7Cl2FO/c10-8(9(11)13)5-6-1-3-7(12)4-2-6/h1-4,8H,5H2. The van der Waals surface area contributed by atoms with Gasteiger partial charge in [0.1, 0.15) is 11.2 Å². The Hall–Kier alpha value is -0.600. The van der Waals surface area contributed by atoms with E-state index in [0.717, 1.165) is 5.56 Å². The van der Waals surface area contributed by atoms with Crippen molar-refractivity contribution in [3.8, 4) is 0 Å². The number of alkyl halides is 1. The van der Waals surface area contributed by atoms with E-state index in [0.29, 0.717) is 6.42 Å². The molecule has 0 spiro atoms. The van der Waals surface area contributed by atoms with Gasteiger partial charge in [0.25, 0.3) is 0 Å². The van der Waals surface area contributed by atoms with Crippen molar-refractivity contribution in [2.45, 2.75) is 11.8 Å². The van der Waals surface area contributed by atoms with Crippen molar-refractivity contribution in [1.82, 2.24) is 0 Å². The van der Waals surface area contributed by atoms with E-state index in [4.69, 9.17) is 23.2 Å². The van der Waals surface area contributed by atoms with Crippen LogP contribution in [-0.2, 0) is 11.2 Å². The molecule has 0 aliphatic carbocycles. The number of rotatable bonds is 3. The summed E-state index contributed by atoms with van der Waals surface area (Å²) in [4.78, 5) is 10.6. The molecule has 0 saturated heterocycles. The van der Waals surface area contributed by atoms with Gasteiger partial charge in [-0.25, -0.2) is 4.39 Å². The Balaban J connectivity index is 2.64. The highest BCUT2D eigenvalue weighted by molar-refractivity contribution is 6.69. The summed E-state index contributed by atoms with van der Waals surface area (Å²) >= 11 is 10.8. The molecule has 0 amide bonds. The maximum Gasteiger partial charge on any atom is 0.239 e. The van der Waals surface area contributed by atoms with Crippen LogP contribution in [0.4, 0.5) is 4.39 Å². The fourth-order valence-corrected chi connectivity index (χ4v) is 1.16. The van der Waals surface area contributed by atoms with Gasteiger partial charge in [-0.15, -0.1) is 11.6 Å². The SMILES string of the molecule is O=C(Cl)C(Cl)Cc1ccc(F)cc1. The Bertz CT molecular complexity index is 297. The number of carbonyl (C=O) groups is 1. The Morgan fingerprint density at radius 2 is 1.92 bits per heavy atom. The first kappa shape index (κ1) is 10.5. The summed E-state index contributed by atoms with van der Waals surface area (Å²) in [6.07, 6.45) is 0.324. The Kier molecular flexibility index (Phi) is 3.70. The molecule has 1 unspecified atom stereocenters. The molecule has 4 heteroatoms. The monoisotopic (exact) mass is 220 g/mol. The normalized spacial score (nSPS) is 12.5. The molecule has 1 rings (SSSR count). The molecule has 0 radical (unpaired) electrons. The topological polar surface area (TPSA) is 17.1 Å². The van der Waals surface area contributed by atoms with Gasteiger partial charge in [0.2, 0.25) is 5.24 Å². The predicted octanol–water partition coefficient (Wildman–Crippen LogP) is 2.74. The molecule has 0 N–H and O–H groups in total. The van der Waals surface area contributed by atoms with E-state index in [-0.39, 0.29) is 5.82 Å². The summed E-state index contributed by atoms with van der Waals surface area (Å²) in [5.41, 5.74) is 0.787. The van der Waals surface area contributed by atoms with E-state index in [1.807, 2.05) is 0 Å². The lowest BCUT2D eigenvalue weighted by Gasteiger charge is -2.03. The lowest BCUT2D eigenvalue weighted by Crippen LogP contribution is -2.10. The van der Waals surface area contributed by atoms with E-state index in [9.17, 15) is 9.18 Å². The minimum Gasteiger partial charge on any atom is -0.280 e. The molecule has 1 aromatic rings. The van der Waals surface area contributed by atoms with Crippen LogP contribution >= 0.6 is 23.2 Å². The van der Waals surface area contributed by atoms with Crippen molar-refractivity contribution in [3.05, 3.63) is 35.6 Å². The highest BCUT2D eigenvalue weighted by Gasteiger charge is 2.12. The van der Waals surface area contributed by atoms with Crippen molar-refractivity contribution in [1.29, 1.82) is 0 Å². The molecule has 70 valence electrons. The minimum atomic E-state index is -0.743. The fraction of sp³-hybridized carbons (Fsp3) is 0.222. The lowest BCUT2D eigenvalue weighted by atomic mass is 10.1. The van der Waals surface area contributed by atoms with Gasteiger partial charge in [-0.2, -0.15) is 0 Å². The molecule has 1 nitrogen and oxygen atoms in total. The van der Waals surface area contributed by atoms with Crippen molar-refractivity contribution >= 4 is 28.4 Å². The molecular formula is C9H7Cl2FO. The van der Waals surface area contributed by atoms with Crippen LogP contribution in [0.1, 0.15) is 5.56 Å². The van der Waals surface area contributed by atoms with E-state index in [1.165, 1.54) is 12.1 Å². The van der Waals surface area contributed by atoms with Crippen LogP contribution in [0.3, 0.4) is 0 Å². The van der Waals surface area contributed by atoms with Gasteiger partial charge < -0.3 is 0 Å². The molecule has 0 aliphatic rings. The van der Waals surface area contributed by atoms with Crippen LogP contribution in [0.15, 0.2) is 24.3 Å². The van der Waals surface area contributed by atoms with Crippen LogP contribution in [0, 0.1) is 5.82 Å².